The van der Waals surface area contributed by atoms with Gasteiger partial charge >= 0.3 is 0 Å². The van der Waals surface area contributed by atoms with E-state index < -0.39 is 0 Å². The van der Waals surface area contributed by atoms with Crippen LogP contribution in [0.1, 0.15) is 25.2 Å². The second kappa shape index (κ2) is 6.41. The first-order chi connectivity index (χ1) is 11.3. The third kappa shape index (κ3) is 3.16. The minimum atomic E-state index is 0.297. The van der Waals surface area contributed by atoms with Gasteiger partial charge in [0.25, 0.3) is 0 Å². The van der Waals surface area contributed by atoms with E-state index in [1.54, 1.807) is 11.3 Å². The summed E-state index contributed by atoms with van der Waals surface area (Å²) in [5, 5.41) is 8.06. The highest BCUT2D eigenvalue weighted by molar-refractivity contribution is 7.08. The molecule has 2 aliphatic rings. The van der Waals surface area contributed by atoms with Crippen LogP contribution in [-0.2, 0) is 11.3 Å². The molecule has 2 aromatic rings. The molecule has 3 heterocycles. The highest BCUT2D eigenvalue weighted by atomic mass is 32.1. The van der Waals surface area contributed by atoms with Gasteiger partial charge in [-0.2, -0.15) is 16.3 Å². The average Bonchev–Trinajstić information content (AvgIpc) is 3.17. The molecule has 7 heteroatoms. The number of nitrogens with zero attached hydrogens (tertiary/aromatic N) is 4. The molecule has 0 N–H and O–H groups in total. The van der Waals surface area contributed by atoms with Crippen molar-refractivity contribution in [3.8, 4) is 11.4 Å². The van der Waals surface area contributed by atoms with E-state index >= 15 is 0 Å². The normalized spacial score (nSPS) is 19.7. The molecule has 1 saturated heterocycles. The summed E-state index contributed by atoms with van der Waals surface area (Å²) in [4.78, 5) is 21.0. The molecule has 0 radical (unpaired) electrons. The van der Waals surface area contributed by atoms with Crippen molar-refractivity contribution in [2.75, 3.05) is 26.2 Å². The van der Waals surface area contributed by atoms with Crippen LogP contribution in [-0.4, -0.2) is 52.0 Å². The van der Waals surface area contributed by atoms with E-state index in [0.29, 0.717) is 30.1 Å². The first kappa shape index (κ1) is 14.8. The molecule has 1 aliphatic carbocycles. The minimum Gasteiger partial charge on any atom is -0.340 e. The van der Waals surface area contributed by atoms with Gasteiger partial charge in [0.2, 0.25) is 17.6 Å². The lowest BCUT2D eigenvalue weighted by atomic mass is 9.84. The summed E-state index contributed by atoms with van der Waals surface area (Å²) >= 11 is 1.62. The van der Waals surface area contributed by atoms with E-state index in [2.05, 4.69) is 15.0 Å². The number of rotatable bonds is 4. The fraction of sp³-hybridized carbons (Fsp3) is 0.562. The summed E-state index contributed by atoms with van der Waals surface area (Å²) in [6.07, 6.45) is 3.36. The zero-order valence-corrected chi connectivity index (χ0v) is 13.8. The molecule has 0 bridgehead atoms. The first-order valence-electron chi connectivity index (χ1n) is 8.16. The van der Waals surface area contributed by atoms with Gasteiger partial charge in [-0.05, 0) is 24.3 Å². The van der Waals surface area contributed by atoms with Crippen molar-refractivity contribution in [2.24, 2.45) is 5.92 Å². The van der Waals surface area contributed by atoms with Crippen molar-refractivity contribution in [1.29, 1.82) is 0 Å². The number of thiophene rings is 1. The van der Waals surface area contributed by atoms with Crippen LogP contribution in [0, 0.1) is 5.92 Å². The maximum absolute atomic E-state index is 12.2. The predicted molar refractivity (Wildman–Crippen MR) is 86.8 cm³/mol. The van der Waals surface area contributed by atoms with E-state index in [9.17, 15) is 4.79 Å². The Bertz CT molecular complexity index is 657. The van der Waals surface area contributed by atoms with Crippen LogP contribution >= 0.6 is 11.3 Å². The molecule has 1 aliphatic heterocycles. The quantitative estimate of drug-likeness (QED) is 0.859. The molecule has 0 spiro atoms. The van der Waals surface area contributed by atoms with Gasteiger partial charge in [0.05, 0.1) is 6.54 Å². The van der Waals surface area contributed by atoms with E-state index in [0.717, 1.165) is 44.6 Å². The minimum absolute atomic E-state index is 0.297. The Kier molecular flexibility index (Phi) is 4.13. The largest absolute Gasteiger partial charge is 0.340 e. The second-order valence-electron chi connectivity index (χ2n) is 6.25. The zero-order chi connectivity index (χ0) is 15.6. The monoisotopic (exact) mass is 332 g/mol. The van der Waals surface area contributed by atoms with Crippen molar-refractivity contribution in [3.63, 3.8) is 0 Å². The molecular weight excluding hydrogens is 312 g/mol. The zero-order valence-electron chi connectivity index (χ0n) is 13.0. The number of hydrogen-bond acceptors (Lipinski definition) is 6. The number of carbonyl (C=O) groups is 1. The lowest BCUT2D eigenvalue weighted by Gasteiger charge is -2.37. The topological polar surface area (TPSA) is 62.5 Å². The van der Waals surface area contributed by atoms with E-state index in [4.69, 9.17) is 4.52 Å². The third-order valence-corrected chi connectivity index (χ3v) is 5.43. The standard InChI is InChI=1S/C16H20N4O2S/c21-16(12-2-1-3-12)20-7-5-19(6-8-20)10-14-17-15(18-22-14)13-4-9-23-11-13/h4,9,11-12H,1-3,5-8,10H2. The lowest BCUT2D eigenvalue weighted by Crippen LogP contribution is -2.50. The Balaban J connectivity index is 1.30. The molecule has 1 saturated carbocycles. The number of amides is 1. The molecule has 0 unspecified atom stereocenters. The van der Waals surface area contributed by atoms with Crippen molar-refractivity contribution < 1.29 is 9.32 Å². The maximum Gasteiger partial charge on any atom is 0.241 e. The van der Waals surface area contributed by atoms with Gasteiger partial charge in [0, 0.05) is 43.0 Å². The van der Waals surface area contributed by atoms with Crippen molar-refractivity contribution >= 4 is 17.2 Å². The number of piperazine rings is 1. The van der Waals surface area contributed by atoms with Crippen LogP contribution in [0.4, 0.5) is 0 Å². The van der Waals surface area contributed by atoms with E-state index in [1.807, 2.05) is 21.7 Å². The van der Waals surface area contributed by atoms with Crippen molar-refractivity contribution in [1.82, 2.24) is 19.9 Å². The van der Waals surface area contributed by atoms with Gasteiger partial charge in [0.1, 0.15) is 0 Å². The fourth-order valence-corrected chi connectivity index (χ4v) is 3.69. The number of carbonyl (C=O) groups excluding carboxylic acids is 1. The molecule has 122 valence electrons. The Morgan fingerprint density at radius 3 is 2.78 bits per heavy atom. The number of aromatic nitrogens is 2. The molecule has 6 nitrogen and oxygen atoms in total. The predicted octanol–water partition coefficient (Wildman–Crippen LogP) is 2.24. The number of hydrogen-bond donors (Lipinski definition) is 0. The van der Waals surface area contributed by atoms with Crippen LogP contribution in [0.15, 0.2) is 21.3 Å². The molecule has 23 heavy (non-hydrogen) atoms. The van der Waals surface area contributed by atoms with Gasteiger partial charge in [0.15, 0.2) is 0 Å². The highest BCUT2D eigenvalue weighted by Crippen LogP contribution is 2.28. The molecule has 0 aromatic carbocycles. The van der Waals surface area contributed by atoms with E-state index in [1.165, 1.54) is 6.42 Å². The Hall–Kier alpha value is -1.73. The maximum atomic E-state index is 12.2. The Morgan fingerprint density at radius 2 is 2.13 bits per heavy atom. The van der Waals surface area contributed by atoms with Crippen LogP contribution in [0.25, 0.3) is 11.4 Å². The van der Waals surface area contributed by atoms with E-state index in [-0.39, 0.29) is 0 Å². The van der Waals surface area contributed by atoms with Gasteiger partial charge in [-0.1, -0.05) is 11.6 Å². The smallest absolute Gasteiger partial charge is 0.241 e. The van der Waals surface area contributed by atoms with Crippen LogP contribution in [0.3, 0.4) is 0 Å². The molecular formula is C16H20N4O2S. The summed E-state index contributed by atoms with van der Waals surface area (Å²) in [6, 6.07) is 1.99. The molecule has 0 atom stereocenters. The third-order valence-electron chi connectivity index (χ3n) is 4.74. The summed E-state index contributed by atoms with van der Waals surface area (Å²) < 4.78 is 5.35. The Morgan fingerprint density at radius 1 is 1.30 bits per heavy atom. The summed E-state index contributed by atoms with van der Waals surface area (Å²) in [5.74, 6) is 1.95. The van der Waals surface area contributed by atoms with Crippen molar-refractivity contribution in [3.05, 3.63) is 22.7 Å². The summed E-state index contributed by atoms with van der Waals surface area (Å²) in [6.45, 7) is 4.01. The van der Waals surface area contributed by atoms with Crippen molar-refractivity contribution in [2.45, 2.75) is 25.8 Å². The summed E-state index contributed by atoms with van der Waals surface area (Å²) in [7, 11) is 0. The first-order valence-corrected chi connectivity index (χ1v) is 9.10. The second-order valence-corrected chi connectivity index (χ2v) is 7.03. The average molecular weight is 332 g/mol. The Labute approximate surface area is 139 Å². The summed E-state index contributed by atoms with van der Waals surface area (Å²) in [5.41, 5.74) is 1.00. The van der Waals surface area contributed by atoms with Gasteiger partial charge in [-0.25, -0.2) is 0 Å². The van der Waals surface area contributed by atoms with Gasteiger partial charge in [-0.15, -0.1) is 0 Å². The van der Waals surface area contributed by atoms with Crippen LogP contribution < -0.4 is 0 Å². The molecule has 2 fully saturated rings. The molecule has 4 rings (SSSR count). The van der Waals surface area contributed by atoms with Gasteiger partial charge < -0.3 is 9.42 Å². The van der Waals surface area contributed by atoms with Crippen LogP contribution in [0.5, 0.6) is 0 Å². The van der Waals surface area contributed by atoms with Crippen LogP contribution in [0.2, 0.25) is 0 Å². The SMILES string of the molecule is O=C(C1CCC1)N1CCN(Cc2nc(-c3ccsc3)no2)CC1. The highest BCUT2D eigenvalue weighted by Gasteiger charge is 2.31. The lowest BCUT2D eigenvalue weighted by molar-refractivity contribution is -0.140. The fourth-order valence-electron chi connectivity index (χ4n) is 3.06. The molecule has 1 amide bonds. The van der Waals surface area contributed by atoms with Gasteiger partial charge in [-0.3, -0.25) is 9.69 Å². The molecule has 2 aromatic heterocycles.